The molecular weight excluding hydrogens is 524 g/mol. The molecule has 1 amide bonds. The number of carboxylic acid groups (broad SMARTS) is 1. The summed E-state index contributed by atoms with van der Waals surface area (Å²) in [7, 11) is 0. The molecule has 0 radical (unpaired) electrons. The van der Waals surface area contributed by atoms with Gasteiger partial charge in [-0.1, -0.05) is 6.07 Å². The number of nitrogens with zero attached hydrogens (tertiary/aromatic N) is 1. The van der Waals surface area contributed by atoms with Crippen LogP contribution < -0.4 is 0 Å². The predicted octanol–water partition coefficient (Wildman–Crippen LogP) is 5.23. The van der Waals surface area contributed by atoms with Crippen LogP contribution in [0, 0.1) is 23.2 Å². The van der Waals surface area contributed by atoms with Crippen LogP contribution in [0.4, 0.5) is 4.39 Å². The number of hydrogen-bond donors (Lipinski definition) is 1. The Kier molecular flexibility index (Phi) is 7.29. The van der Waals surface area contributed by atoms with E-state index in [0.717, 1.165) is 25.8 Å². The third-order valence-corrected chi connectivity index (χ3v) is 7.21. The Morgan fingerprint density at radius 1 is 1.12 bits per heavy atom. The highest BCUT2D eigenvalue weighted by atomic mass is 127. The van der Waals surface area contributed by atoms with Crippen molar-refractivity contribution in [1.29, 1.82) is 0 Å². The molecule has 0 aliphatic carbocycles. The Hall–Kier alpha value is -2.00. The van der Waals surface area contributed by atoms with E-state index in [0.29, 0.717) is 37.1 Å². The molecule has 0 saturated heterocycles. The fourth-order valence-electron chi connectivity index (χ4n) is 4.30. The first-order valence-corrected chi connectivity index (χ1v) is 11.7. The number of ether oxygens (including phenoxy) is 1. The van der Waals surface area contributed by atoms with E-state index < -0.39 is 23.5 Å². The number of halogens is 2. The minimum absolute atomic E-state index is 0.193. The van der Waals surface area contributed by atoms with Crippen molar-refractivity contribution in [1.82, 2.24) is 4.90 Å². The molecule has 1 N–H and O–H groups in total. The fraction of sp³-hybridized carbons (Fsp3) is 0.440. The zero-order valence-electron chi connectivity index (χ0n) is 19.1. The maximum Gasteiger partial charge on any atom is 0.337 e. The smallest absolute Gasteiger partial charge is 0.337 e. The Labute approximate surface area is 202 Å². The summed E-state index contributed by atoms with van der Waals surface area (Å²) in [4.78, 5) is 26.9. The zero-order valence-corrected chi connectivity index (χ0v) is 21.2. The maximum atomic E-state index is 13.6. The van der Waals surface area contributed by atoms with Crippen LogP contribution >= 0.6 is 22.6 Å². The second-order valence-corrected chi connectivity index (χ2v) is 10.3. The first-order valence-electron chi connectivity index (χ1n) is 10.7. The number of carboxylic acids is 1. The molecule has 1 atom stereocenters. The number of fused-ring (bicyclic) bond motifs is 1. The van der Waals surface area contributed by atoms with Crippen molar-refractivity contribution in [2.24, 2.45) is 0 Å². The summed E-state index contributed by atoms with van der Waals surface area (Å²) in [5, 5.41) is 9.94. The molecule has 5 nitrogen and oxygen atoms in total. The molecule has 3 rings (SSSR count). The van der Waals surface area contributed by atoms with E-state index >= 15 is 0 Å². The molecule has 0 spiro atoms. The number of hydrogen-bond acceptors (Lipinski definition) is 3. The molecular formula is C25H29FINO4. The Bertz CT molecular complexity index is 1060. The van der Waals surface area contributed by atoms with Gasteiger partial charge in [0.05, 0.1) is 5.60 Å². The molecule has 0 saturated carbocycles. The van der Waals surface area contributed by atoms with Gasteiger partial charge in [0.25, 0.3) is 5.91 Å². The largest absolute Gasteiger partial charge is 0.479 e. The molecule has 32 heavy (non-hydrogen) atoms. The van der Waals surface area contributed by atoms with Crippen LogP contribution in [-0.2, 0) is 22.4 Å². The van der Waals surface area contributed by atoms with Crippen molar-refractivity contribution in [3.05, 3.63) is 67.0 Å². The lowest BCUT2D eigenvalue weighted by molar-refractivity contribution is -0.160. The van der Waals surface area contributed by atoms with Gasteiger partial charge in [0.1, 0.15) is 5.82 Å². The normalized spacial score (nSPS) is 15.2. The third kappa shape index (κ3) is 5.14. The fourth-order valence-corrected chi connectivity index (χ4v) is 5.31. The second-order valence-electron chi connectivity index (χ2n) is 9.19. The highest BCUT2D eigenvalue weighted by Crippen LogP contribution is 2.37. The number of rotatable bonds is 4. The molecule has 1 aliphatic rings. The highest BCUT2D eigenvalue weighted by Gasteiger charge is 2.33. The molecule has 1 aliphatic heterocycles. The SMILES string of the molecule is Cc1c(I)c(C(OC(C)(C)C)C(=O)O)c(C)c2c1CCN(C(=O)c1cccc(F)c1)CC2. The molecule has 0 bridgehead atoms. The van der Waals surface area contributed by atoms with E-state index in [4.69, 9.17) is 4.74 Å². The van der Waals surface area contributed by atoms with Gasteiger partial charge in [-0.25, -0.2) is 9.18 Å². The lowest BCUT2D eigenvalue weighted by Gasteiger charge is -2.29. The standard InChI is InChI=1S/C25H29FINO4/c1-14-18-9-11-28(23(29)16-7-6-8-17(26)13-16)12-10-19(18)15(2)21(27)20(14)22(24(30)31)32-25(3,4)5/h6-8,13,22H,9-12H2,1-5H3,(H,30,31). The van der Waals surface area contributed by atoms with Gasteiger partial charge < -0.3 is 14.7 Å². The number of benzene rings is 2. The summed E-state index contributed by atoms with van der Waals surface area (Å²) >= 11 is 2.22. The molecule has 1 unspecified atom stereocenters. The van der Waals surface area contributed by atoms with E-state index in [2.05, 4.69) is 22.6 Å². The van der Waals surface area contributed by atoms with Crippen LogP contribution in [0.15, 0.2) is 24.3 Å². The van der Waals surface area contributed by atoms with Gasteiger partial charge in [0, 0.05) is 27.8 Å². The monoisotopic (exact) mass is 553 g/mol. The molecule has 0 fully saturated rings. The summed E-state index contributed by atoms with van der Waals surface area (Å²) in [6, 6.07) is 5.75. The molecule has 1 heterocycles. The summed E-state index contributed by atoms with van der Waals surface area (Å²) in [6.45, 7) is 10.5. The van der Waals surface area contributed by atoms with Gasteiger partial charge in [-0.15, -0.1) is 0 Å². The number of carbonyl (C=O) groups is 2. The lowest BCUT2D eigenvalue weighted by atomic mass is 9.88. The second kappa shape index (κ2) is 9.47. The molecule has 7 heteroatoms. The van der Waals surface area contributed by atoms with Gasteiger partial charge in [0.15, 0.2) is 6.10 Å². The molecule has 2 aromatic carbocycles. The Morgan fingerprint density at radius 2 is 1.72 bits per heavy atom. The minimum Gasteiger partial charge on any atom is -0.479 e. The average molecular weight is 553 g/mol. The van der Waals surface area contributed by atoms with Crippen LogP contribution in [0.25, 0.3) is 0 Å². The molecule has 0 aromatic heterocycles. The van der Waals surface area contributed by atoms with Crippen molar-refractivity contribution in [2.75, 3.05) is 13.1 Å². The number of carbonyl (C=O) groups excluding carboxylic acids is 1. The maximum absolute atomic E-state index is 13.6. The number of amides is 1. The predicted molar refractivity (Wildman–Crippen MR) is 130 cm³/mol. The van der Waals surface area contributed by atoms with Gasteiger partial charge >= 0.3 is 5.97 Å². The van der Waals surface area contributed by atoms with Crippen LogP contribution in [-0.4, -0.2) is 40.6 Å². The first kappa shape index (κ1) is 24.6. The number of aliphatic carboxylic acids is 1. The third-order valence-electron chi connectivity index (χ3n) is 5.82. The lowest BCUT2D eigenvalue weighted by Crippen LogP contribution is -2.33. The van der Waals surface area contributed by atoms with Crippen LogP contribution in [0.3, 0.4) is 0 Å². The van der Waals surface area contributed by atoms with Crippen LogP contribution in [0.5, 0.6) is 0 Å². The van der Waals surface area contributed by atoms with Crippen molar-refractivity contribution in [3.63, 3.8) is 0 Å². The van der Waals surface area contributed by atoms with Gasteiger partial charge in [0.2, 0.25) is 0 Å². The van der Waals surface area contributed by atoms with Crippen LogP contribution in [0.1, 0.15) is 65.1 Å². The van der Waals surface area contributed by atoms with E-state index in [1.54, 1.807) is 17.0 Å². The summed E-state index contributed by atoms with van der Waals surface area (Å²) in [5.74, 6) is -1.64. The summed E-state index contributed by atoms with van der Waals surface area (Å²) < 4.78 is 20.4. The summed E-state index contributed by atoms with van der Waals surface area (Å²) in [6.07, 6.45) is 0.200. The zero-order chi connectivity index (χ0) is 23.8. The van der Waals surface area contributed by atoms with E-state index in [1.165, 1.54) is 12.1 Å². The molecule has 2 aromatic rings. The summed E-state index contributed by atoms with van der Waals surface area (Å²) in [5.41, 5.74) is 4.59. The van der Waals surface area contributed by atoms with E-state index in [9.17, 15) is 19.1 Å². The Morgan fingerprint density at radius 3 is 2.25 bits per heavy atom. The van der Waals surface area contributed by atoms with Gasteiger partial charge in [-0.2, -0.15) is 0 Å². The molecule has 172 valence electrons. The van der Waals surface area contributed by atoms with E-state index in [1.807, 2.05) is 34.6 Å². The topological polar surface area (TPSA) is 66.8 Å². The van der Waals surface area contributed by atoms with Crippen molar-refractivity contribution in [2.45, 2.75) is 59.2 Å². The van der Waals surface area contributed by atoms with Crippen molar-refractivity contribution < 1.29 is 23.8 Å². The Balaban J connectivity index is 1.99. The average Bonchev–Trinajstić information content (AvgIpc) is 2.93. The van der Waals surface area contributed by atoms with Crippen molar-refractivity contribution >= 4 is 34.5 Å². The van der Waals surface area contributed by atoms with Crippen LogP contribution in [0.2, 0.25) is 0 Å². The van der Waals surface area contributed by atoms with Crippen molar-refractivity contribution in [3.8, 4) is 0 Å². The van der Waals surface area contributed by atoms with E-state index in [-0.39, 0.29) is 5.91 Å². The first-order chi connectivity index (χ1) is 14.9. The highest BCUT2D eigenvalue weighted by molar-refractivity contribution is 14.1. The minimum atomic E-state index is -1.07. The quantitative estimate of drug-likeness (QED) is 0.527. The van der Waals surface area contributed by atoms with Gasteiger partial charge in [-0.05, 0) is 111 Å². The van der Waals surface area contributed by atoms with Gasteiger partial charge in [-0.3, -0.25) is 4.79 Å².